The van der Waals surface area contributed by atoms with Gasteiger partial charge in [0.15, 0.2) is 11.6 Å². The molecule has 2 aromatic carbocycles. The first-order valence-electron chi connectivity index (χ1n) is 6.03. The first kappa shape index (κ1) is 13.3. The second-order valence-electron chi connectivity index (χ2n) is 4.40. The Morgan fingerprint density at radius 3 is 2.42 bits per heavy atom. The normalized spacial score (nSPS) is 10.3. The fourth-order valence-electron chi connectivity index (χ4n) is 1.98. The van der Waals surface area contributed by atoms with Crippen molar-refractivity contribution in [1.82, 2.24) is 0 Å². The van der Waals surface area contributed by atoms with Gasteiger partial charge in [-0.1, -0.05) is 36.4 Å². The van der Waals surface area contributed by atoms with Crippen LogP contribution in [0.2, 0.25) is 0 Å². The lowest BCUT2D eigenvalue weighted by molar-refractivity contribution is -0.116. The summed E-state index contributed by atoms with van der Waals surface area (Å²) in [6.45, 7) is 1.55. The number of methoxy groups -OCH3 is 1. The van der Waals surface area contributed by atoms with Crippen LogP contribution in [-0.2, 0) is 11.2 Å². The molecule has 0 heterocycles. The van der Waals surface area contributed by atoms with Gasteiger partial charge < -0.3 is 4.74 Å². The van der Waals surface area contributed by atoms with Crippen LogP contribution in [0, 0.1) is 5.82 Å². The Morgan fingerprint density at radius 1 is 1.16 bits per heavy atom. The van der Waals surface area contributed by atoms with E-state index in [0.717, 1.165) is 11.1 Å². The number of Topliss-reactive ketones (excluding diaryl/α,β-unsaturated/α-hetero) is 1. The van der Waals surface area contributed by atoms with Crippen LogP contribution < -0.4 is 4.74 Å². The van der Waals surface area contributed by atoms with Crippen molar-refractivity contribution in [3.63, 3.8) is 0 Å². The third-order valence-corrected chi connectivity index (χ3v) is 2.90. The standard InChI is InChI=1S/C16H15FO2/c1-11(18)10-12-6-8-13(9-7-12)14-4-3-5-15(19-2)16(14)17/h3-9H,10H2,1-2H3. The molecule has 0 aromatic heterocycles. The topological polar surface area (TPSA) is 26.3 Å². The second-order valence-corrected chi connectivity index (χ2v) is 4.40. The molecular weight excluding hydrogens is 243 g/mol. The van der Waals surface area contributed by atoms with Crippen molar-refractivity contribution in [3.8, 4) is 16.9 Å². The second kappa shape index (κ2) is 5.65. The van der Waals surface area contributed by atoms with E-state index in [1.54, 1.807) is 25.1 Å². The molecule has 0 spiro atoms. The van der Waals surface area contributed by atoms with Crippen molar-refractivity contribution in [2.75, 3.05) is 7.11 Å². The van der Waals surface area contributed by atoms with Gasteiger partial charge in [-0.2, -0.15) is 0 Å². The number of hydrogen-bond acceptors (Lipinski definition) is 2. The number of hydrogen-bond donors (Lipinski definition) is 0. The minimum absolute atomic E-state index is 0.111. The molecule has 0 aliphatic rings. The maximum Gasteiger partial charge on any atom is 0.172 e. The lowest BCUT2D eigenvalue weighted by Crippen LogP contribution is -1.96. The third-order valence-electron chi connectivity index (χ3n) is 2.90. The summed E-state index contributed by atoms with van der Waals surface area (Å²) >= 11 is 0. The molecule has 0 bridgehead atoms. The summed E-state index contributed by atoms with van der Waals surface area (Å²) in [5, 5.41) is 0. The number of ether oxygens (including phenoxy) is 1. The predicted octanol–water partition coefficient (Wildman–Crippen LogP) is 3.63. The number of carbonyl (C=O) groups excluding carboxylic acids is 1. The summed E-state index contributed by atoms with van der Waals surface area (Å²) in [6.07, 6.45) is 0.404. The van der Waals surface area contributed by atoms with Gasteiger partial charge in [0.2, 0.25) is 0 Å². The van der Waals surface area contributed by atoms with E-state index in [-0.39, 0.29) is 17.3 Å². The summed E-state index contributed by atoms with van der Waals surface area (Å²) in [5.41, 5.74) is 2.19. The van der Waals surface area contributed by atoms with Crippen molar-refractivity contribution >= 4 is 5.78 Å². The molecule has 0 saturated heterocycles. The van der Waals surface area contributed by atoms with E-state index in [2.05, 4.69) is 0 Å². The molecule has 2 aromatic rings. The van der Waals surface area contributed by atoms with Crippen LogP contribution in [0.25, 0.3) is 11.1 Å². The monoisotopic (exact) mass is 258 g/mol. The van der Waals surface area contributed by atoms with Crippen LogP contribution in [0.3, 0.4) is 0 Å². The average molecular weight is 258 g/mol. The Kier molecular flexibility index (Phi) is 3.95. The first-order chi connectivity index (χ1) is 9.11. The predicted molar refractivity (Wildman–Crippen MR) is 72.8 cm³/mol. The molecule has 0 unspecified atom stereocenters. The lowest BCUT2D eigenvalue weighted by atomic mass is 10.0. The van der Waals surface area contributed by atoms with E-state index in [0.29, 0.717) is 12.0 Å². The van der Waals surface area contributed by atoms with Crippen LogP contribution in [0.15, 0.2) is 42.5 Å². The maximum absolute atomic E-state index is 14.1. The average Bonchev–Trinajstić information content (AvgIpc) is 2.39. The van der Waals surface area contributed by atoms with Crippen molar-refractivity contribution in [3.05, 3.63) is 53.8 Å². The highest BCUT2D eigenvalue weighted by Crippen LogP contribution is 2.29. The Bertz CT molecular complexity index is 588. The summed E-state index contributed by atoms with van der Waals surface area (Å²) in [4.78, 5) is 11.0. The summed E-state index contributed by atoms with van der Waals surface area (Å²) in [5.74, 6) is -0.0325. The summed E-state index contributed by atoms with van der Waals surface area (Å²) < 4.78 is 19.1. The van der Waals surface area contributed by atoms with Crippen LogP contribution in [0.1, 0.15) is 12.5 Å². The smallest absolute Gasteiger partial charge is 0.172 e. The molecule has 98 valence electrons. The fourth-order valence-corrected chi connectivity index (χ4v) is 1.98. The molecular formula is C16H15FO2. The summed E-state index contributed by atoms with van der Waals surface area (Å²) in [6, 6.07) is 12.4. The number of ketones is 1. The largest absolute Gasteiger partial charge is 0.494 e. The van der Waals surface area contributed by atoms with Gasteiger partial charge in [0, 0.05) is 12.0 Å². The quantitative estimate of drug-likeness (QED) is 0.837. The van der Waals surface area contributed by atoms with E-state index in [1.165, 1.54) is 7.11 Å². The Labute approximate surface area is 111 Å². The Balaban J connectivity index is 2.34. The van der Waals surface area contributed by atoms with E-state index in [9.17, 15) is 9.18 Å². The molecule has 0 aliphatic heterocycles. The van der Waals surface area contributed by atoms with Gasteiger partial charge >= 0.3 is 0 Å². The molecule has 0 atom stereocenters. The van der Waals surface area contributed by atoms with Gasteiger partial charge in [-0.05, 0) is 24.1 Å². The van der Waals surface area contributed by atoms with Crippen LogP contribution in [0.5, 0.6) is 5.75 Å². The van der Waals surface area contributed by atoms with Crippen LogP contribution in [-0.4, -0.2) is 12.9 Å². The highest BCUT2D eigenvalue weighted by Gasteiger charge is 2.10. The van der Waals surface area contributed by atoms with Crippen LogP contribution in [0.4, 0.5) is 4.39 Å². The van der Waals surface area contributed by atoms with Crippen molar-refractivity contribution in [2.45, 2.75) is 13.3 Å². The molecule has 0 aliphatic carbocycles. The minimum atomic E-state index is -0.371. The molecule has 0 fully saturated rings. The van der Waals surface area contributed by atoms with Crippen molar-refractivity contribution in [1.29, 1.82) is 0 Å². The molecule has 0 radical (unpaired) electrons. The van der Waals surface area contributed by atoms with E-state index in [1.807, 2.05) is 24.3 Å². The van der Waals surface area contributed by atoms with Gasteiger partial charge in [0.05, 0.1) is 7.11 Å². The molecule has 3 heteroatoms. The van der Waals surface area contributed by atoms with Crippen molar-refractivity contribution < 1.29 is 13.9 Å². The van der Waals surface area contributed by atoms with Crippen molar-refractivity contribution in [2.24, 2.45) is 0 Å². The minimum Gasteiger partial charge on any atom is -0.494 e. The van der Waals surface area contributed by atoms with Gasteiger partial charge in [0.1, 0.15) is 5.78 Å². The lowest BCUT2D eigenvalue weighted by Gasteiger charge is -2.08. The van der Waals surface area contributed by atoms with Gasteiger partial charge in [-0.15, -0.1) is 0 Å². The van der Waals surface area contributed by atoms with Crippen LogP contribution >= 0.6 is 0 Å². The molecule has 0 amide bonds. The number of rotatable bonds is 4. The van der Waals surface area contributed by atoms with E-state index in [4.69, 9.17) is 4.74 Å². The Hall–Kier alpha value is -2.16. The zero-order valence-corrected chi connectivity index (χ0v) is 10.9. The van der Waals surface area contributed by atoms with Gasteiger partial charge in [-0.3, -0.25) is 4.79 Å². The van der Waals surface area contributed by atoms with E-state index < -0.39 is 0 Å². The summed E-state index contributed by atoms with van der Waals surface area (Å²) in [7, 11) is 1.44. The SMILES string of the molecule is COc1cccc(-c2ccc(CC(C)=O)cc2)c1F. The fraction of sp³-hybridized carbons (Fsp3) is 0.188. The number of halogens is 1. The zero-order chi connectivity index (χ0) is 13.8. The first-order valence-corrected chi connectivity index (χ1v) is 6.03. The molecule has 0 saturated carbocycles. The molecule has 0 N–H and O–H groups in total. The zero-order valence-electron chi connectivity index (χ0n) is 10.9. The molecule has 2 nitrogen and oxygen atoms in total. The highest BCUT2D eigenvalue weighted by atomic mass is 19.1. The number of benzene rings is 2. The van der Waals surface area contributed by atoms with Gasteiger partial charge in [0.25, 0.3) is 0 Å². The Morgan fingerprint density at radius 2 is 1.84 bits per heavy atom. The molecule has 2 rings (SSSR count). The third kappa shape index (κ3) is 2.99. The van der Waals surface area contributed by atoms with E-state index >= 15 is 0 Å². The maximum atomic E-state index is 14.1. The highest BCUT2D eigenvalue weighted by molar-refractivity contribution is 5.78. The van der Waals surface area contributed by atoms with Gasteiger partial charge in [-0.25, -0.2) is 4.39 Å². The number of carbonyl (C=O) groups is 1. The molecule has 19 heavy (non-hydrogen) atoms.